The van der Waals surface area contributed by atoms with Gasteiger partial charge in [-0.05, 0) is 34.1 Å². The van der Waals surface area contributed by atoms with Gasteiger partial charge in [0, 0.05) is 5.56 Å². The number of nitrogens with zero attached hydrogens (tertiary/aromatic N) is 2. The Morgan fingerprint density at radius 2 is 2.23 bits per heavy atom. The molecule has 0 spiro atoms. The maximum Gasteiger partial charge on any atom is 0.214 e. The van der Waals surface area contributed by atoms with Crippen LogP contribution in [0, 0.1) is 0 Å². The molecule has 1 N–H and O–H groups in total. The maximum atomic E-state index is 9.23. The van der Waals surface area contributed by atoms with Gasteiger partial charge in [-0.1, -0.05) is 5.16 Å². The lowest BCUT2D eigenvalue weighted by atomic mass is 10.2. The average molecular weight is 241 g/mol. The number of aromatic hydroxyl groups is 1. The van der Waals surface area contributed by atoms with Crippen molar-refractivity contribution in [3.63, 3.8) is 0 Å². The molecule has 1 heterocycles. The van der Waals surface area contributed by atoms with Gasteiger partial charge in [-0.3, -0.25) is 0 Å². The van der Waals surface area contributed by atoms with E-state index in [1.807, 2.05) is 0 Å². The molecule has 0 aliphatic heterocycles. The van der Waals surface area contributed by atoms with E-state index in [0.29, 0.717) is 10.3 Å². The minimum absolute atomic E-state index is 0.187. The van der Waals surface area contributed by atoms with Gasteiger partial charge >= 0.3 is 0 Å². The lowest BCUT2D eigenvalue weighted by Crippen LogP contribution is -1.80. The first-order chi connectivity index (χ1) is 6.27. The van der Waals surface area contributed by atoms with E-state index in [-0.39, 0.29) is 5.75 Å². The van der Waals surface area contributed by atoms with Crippen LogP contribution in [-0.2, 0) is 0 Å². The van der Waals surface area contributed by atoms with Crippen molar-refractivity contribution in [2.24, 2.45) is 0 Å². The molecular formula is C8H5BrN2O2. The van der Waals surface area contributed by atoms with Crippen LogP contribution in [0.25, 0.3) is 11.4 Å². The minimum atomic E-state index is 0.187. The molecule has 2 rings (SSSR count). The molecule has 0 radical (unpaired) electrons. The van der Waals surface area contributed by atoms with E-state index in [0.717, 1.165) is 5.56 Å². The number of hydrogen-bond donors (Lipinski definition) is 1. The summed E-state index contributed by atoms with van der Waals surface area (Å²) in [4.78, 5) is 3.88. The van der Waals surface area contributed by atoms with Crippen LogP contribution < -0.4 is 0 Å². The molecular weight excluding hydrogens is 236 g/mol. The van der Waals surface area contributed by atoms with Gasteiger partial charge in [0.05, 0.1) is 4.47 Å². The lowest BCUT2D eigenvalue weighted by Gasteiger charge is -1.97. The van der Waals surface area contributed by atoms with E-state index >= 15 is 0 Å². The van der Waals surface area contributed by atoms with E-state index in [1.165, 1.54) is 6.39 Å². The first kappa shape index (κ1) is 8.25. The van der Waals surface area contributed by atoms with Gasteiger partial charge in [0.1, 0.15) is 5.75 Å². The van der Waals surface area contributed by atoms with Gasteiger partial charge in [-0.15, -0.1) is 0 Å². The Hall–Kier alpha value is -1.36. The molecule has 2 aromatic rings. The normalized spacial score (nSPS) is 10.2. The van der Waals surface area contributed by atoms with E-state index in [4.69, 9.17) is 0 Å². The number of hydrogen-bond acceptors (Lipinski definition) is 4. The molecule has 0 unspecified atom stereocenters. The van der Waals surface area contributed by atoms with Crippen LogP contribution in [0.4, 0.5) is 0 Å². The summed E-state index contributed by atoms with van der Waals surface area (Å²) in [7, 11) is 0. The summed E-state index contributed by atoms with van der Waals surface area (Å²) in [5, 5.41) is 12.9. The zero-order valence-electron chi connectivity index (χ0n) is 6.44. The molecule has 5 heteroatoms. The van der Waals surface area contributed by atoms with Crippen molar-refractivity contribution in [2.45, 2.75) is 0 Å². The molecule has 0 atom stereocenters. The predicted octanol–water partition coefficient (Wildman–Crippen LogP) is 2.20. The van der Waals surface area contributed by atoms with Crippen molar-refractivity contribution in [2.75, 3.05) is 0 Å². The minimum Gasteiger partial charge on any atom is -0.507 e. The molecule has 0 amide bonds. The summed E-state index contributed by atoms with van der Waals surface area (Å²) in [5.74, 6) is 0.688. The Labute approximate surface area is 82.3 Å². The Morgan fingerprint density at radius 1 is 1.38 bits per heavy atom. The molecule has 0 fully saturated rings. The Morgan fingerprint density at radius 3 is 2.85 bits per heavy atom. The van der Waals surface area contributed by atoms with Crippen LogP contribution >= 0.6 is 15.9 Å². The second kappa shape index (κ2) is 3.18. The quantitative estimate of drug-likeness (QED) is 0.831. The molecule has 0 saturated heterocycles. The van der Waals surface area contributed by atoms with Gasteiger partial charge in [-0.25, -0.2) is 0 Å². The van der Waals surface area contributed by atoms with E-state index in [1.54, 1.807) is 18.2 Å². The van der Waals surface area contributed by atoms with Crippen LogP contribution in [0.1, 0.15) is 0 Å². The Bertz CT molecular complexity index is 414. The molecule has 66 valence electrons. The fourth-order valence-corrected chi connectivity index (χ4v) is 1.32. The summed E-state index contributed by atoms with van der Waals surface area (Å²) in [5.41, 5.74) is 0.790. The van der Waals surface area contributed by atoms with Crippen molar-refractivity contribution in [3.8, 4) is 17.1 Å². The number of phenols is 1. The number of halogens is 1. The van der Waals surface area contributed by atoms with E-state index < -0.39 is 0 Å². The SMILES string of the molecule is Oc1ccc(-c2ncon2)cc1Br. The second-order valence-electron chi connectivity index (χ2n) is 2.42. The molecule has 0 bridgehead atoms. The standard InChI is InChI=1S/C8H5BrN2O2/c9-6-3-5(1-2-7(6)12)8-10-4-13-11-8/h1-4,12H. The monoisotopic (exact) mass is 240 g/mol. The zero-order chi connectivity index (χ0) is 9.26. The fraction of sp³-hybridized carbons (Fsp3) is 0. The molecule has 0 aliphatic rings. The largest absolute Gasteiger partial charge is 0.507 e. The molecule has 4 nitrogen and oxygen atoms in total. The maximum absolute atomic E-state index is 9.23. The summed E-state index contributed by atoms with van der Waals surface area (Å²) in [6, 6.07) is 5.00. The molecule has 1 aromatic heterocycles. The first-order valence-electron chi connectivity index (χ1n) is 3.52. The third-order valence-electron chi connectivity index (χ3n) is 1.57. The first-order valence-corrected chi connectivity index (χ1v) is 4.32. The van der Waals surface area contributed by atoms with Crippen molar-refractivity contribution < 1.29 is 9.63 Å². The number of phenolic OH excluding ortho intramolecular Hbond substituents is 1. The van der Waals surface area contributed by atoms with Crippen molar-refractivity contribution in [1.82, 2.24) is 10.1 Å². The Balaban J connectivity index is 2.49. The van der Waals surface area contributed by atoms with Crippen LogP contribution in [0.5, 0.6) is 5.75 Å². The fourth-order valence-electron chi connectivity index (χ4n) is 0.944. The second-order valence-corrected chi connectivity index (χ2v) is 3.28. The highest BCUT2D eigenvalue weighted by molar-refractivity contribution is 9.10. The highest BCUT2D eigenvalue weighted by atomic mass is 79.9. The van der Waals surface area contributed by atoms with Crippen molar-refractivity contribution in [3.05, 3.63) is 29.1 Å². The summed E-state index contributed by atoms with van der Waals surface area (Å²) in [6.45, 7) is 0. The molecule has 0 saturated carbocycles. The number of benzene rings is 1. The van der Waals surface area contributed by atoms with Gasteiger partial charge in [0.2, 0.25) is 12.2 Å². The summed E-state index contributed by atoms with van der Waals surface area (Å²) in [6.07, 6.45) is 1.26. The summed E-state index contributed by atoms with van der Waals surface area (Å²) < 4.78 is 5.21. The number of rotatable bonds is 1. The van der Waals surface area contributed by atoms with Gasteiger partial charge in [0.25, 0.3) is 0 Å². The third-order valence-corrected chi connectivity index (χ3v) is 2.20. The highest BCUT2D eigenvalue weighted by Crippen LogP contribution is 2.27. The van der Waals surface area contributed by atoms with Crippen LogP contribution in [0.3, 0.4) is 0 Å². The van der Waals surface area contributed by atoms with Crippen LogP contribution in [-0.4, -0.2) is 15.2 Å². The van der Waals surface area contributed by atoms with Crippen molar-refractivity contribution >= 4 is 15.9 Å². The third kappa shape index (κ3) is 1.55. The van der Waals surface area contributed by atoms with Crippen LogP contribution in [0.15, 0.2) is 33.6 Å². The topological polar surface area (TPSA) is 59.2 Å². The Kier molecular flexibility index (Phi) is 2.02. The van der Waals surface area contributed by atoms with Crippen LogP contribution in [0.2, 0.25) is 0 Å². The molecule has 1 aromatic carbocycles. The average Bonchev–Trinajstić information content (AvgIpc) is 2.62. The smallest absolute Gasteiger partial charge is 0.214 e. The van der Waals surface area contributed by atoms with E-state index in [2.05, 4.69) is 30.6 Å². The van der Waals surface area contributed by atoms with Gasteiger partial charge in [0.15, 0.2) is 0 Å². The summed E-state index contributed by atoms with van der Waals surface area (Å²) >= 11 is 3.20. The number of aromatic nitrogens is 2. The lowest BCUT2D eigenvalue weighted by molar-refractivity contribution is 0.418. The van der Waals surface area contributed by atoms with Gasteiger partial charge < -0.3 is 9.63 Å². The zero-order valence-corrected chi connectivity index (χ0v) is 8.02. The predicted molar refractivity (Wildman–Crippen MR) is 49.1 cm³/mol. The highest BCUT2D eigenvalue weighted by Gasteiger charge is 2.05. The molecule has 13 heavy (non-hydrogen) atoms. The van der Waals surface area contributed by atoms with Gasteiger partial charge in [-0.2, -0.15) is 4.98 Å². The van der Waals surface area contributed by atoms with E-state index in [9.17, 15) is 5.11 Å². The van der Waals surface area contributed by atoms with Crippen molar-refractivity contribution in [1.29, 1.82) is 0 Å². The molecule has 0 aliphatic carbocycles.